The molecule has 0 aliphatic heterocycles. The molecule has 2 heterocycles. The monoisotopic (exact) mass is 502 g/mol. The summed E-state index contributed by atoms with van der Waals surface area (Å²) in [5.41, 5.74) is 5.75. The molecule has 5 aromatic rings. The first kappa shape index (κ1) is 23.0. The van der Waals surface area contributed by atoms with E-state index in [9.17, 15) is 4.79 Å². The number of nitrogens with one attached hydrogen (secondary N) is 1. The largest absolute Gasteiger partial charge is 0.457 e. The number of benzene rings is 3. The first-order chi connectivity index (χ1) is 16.8. The van der Waals surface area contributed by atoms with Gasteiger partial charge in [0.2, 0.25) is 11.8 Å². The van der Waals surface area contributed by atoms with Gasteiger partial charge in [-0.2, -0.15) is 0 Å². The maximum Gasteiger partial charge on any atom is 0.248 e. The predicted octanol–water partition coefficient (Wildman–Crippen LogP) is 8.33. The molecule has 7 heteroatoms. The van der Waals surface area contributed by atoms with Crippen molar-refractivity contribution in [3.8, 4) is 22.8 Å². The fraction of sp³-hybridized carbons (Fsp3) is 0.0714. The van der Waals surface area contributed by atoms with Crippen LogP contribution >= 0.6 is 23.2 Å². The van der Waals surface area contributed by atoms with Gasteiger partial charge in [0.1, 0.15) is 17.0 Å². The minimum atomic E-state index is -0.290. The Balaban J connectivity index is 1.32. The smallest absolute Gasteiger partial charge is 0.248 e. The number of aromatic nitrogens is 1. The zero-order valence-corrected chi connectivity index (χ0v) is 20.4. The Labute approximate surface area is 212 Å². The molecule has 0 unspecified atom stereocenters. The highest BCUT2D eigenvalue weighted by Crippen LogP contribution is 2.30. The van der Waals surface area contributed by atoms with Crippen LogP contribution in [-0.2, 0) is 4.79 Å². The van der Waals surface area contributed by atoms with Crippen LogP contribution in [0.15, 0.2) is 81.6 Å². The molecule has 0 aliphatic rings. The van der Waals surface area contributed by atoms with Gasteiger partial charge in [-0.05, 0) is 85.6 Å². The second kappa shape index (κ2) is 9.45. The molecule has 3 aromatic carbocycles. The maximum atomic E-state index is 12.6. The normalized spacial score (nSPS) is 11.4. The molecule has 2 aromatic heterocycles. The summed E-state index contributed by atoms with van der Waals surface area (Å²) in [6.45, 7) is 3.94. The van der Waals surface area contributed by atoms with Gasteiger partial charge < -0.3 is 14.2 Å². The Morgan fingerprint density at radius 2 is 1.69 bits per heavy atom. The average molecular weight is 503 g/mol. The van der Waals surface area contributed by atoms with Crippen molar-refractivity contribution in [3.05, 3.63) is 99.7 Å². The van der Waals surface area contributed by atoms with Gasteiger partial charge >= 0.3 is 0 Å². The van der Waals surface area contributed by atoms with E-state index in [0.29, 0.717) is 33.1 Å². The van der Waals surface area contributed by atoms with Crippen molar-refractivity contribution >= 4 is 52.0 Å². The quantitative estimate of drug-likeness (QED) is 0.245. The molecule has 0 saturated carbocycles. The number of carbonyl (C=O) groups excluding carboxylic acids is 1. The number of furan rings is 1. The minimum absolute atomic E-state index is 0.290. The topological polar surface area (TPSA) is 68.3 Å². The van der Waals surface area contributed by atoms with Crippen LogP contribution in [0, 0.1) is 13.8 Å². The van der Waals surface area contributed by atoms with E-state index >= 15 is 0 Å². The number of halogens is 2. The summed E-state index contributed by atoms with van der Waals surface area (Å²) in [5, 5.41) is 3.95. The van der Waals surface area contributed by atoms with E-state index in [0.717, 1.165) is 33.4 Å². The SMILES string of the molecule is Cc1ccc2oc(-c3ccc(C)c(NC(=O)/C=C/c4ccc(-c5cc(Cl)cc(Cl)c5)o4)c3)nc2c1. The highest BCUT2D eigenvalue weighted by molar-refractivity contribution is 6.35. The molecule has 0 atom stereocenters. The van der Waals surface area contributed by atoms with Gasteiger partial charge in [0.15, 0.2) is 5.58 Å². The standard InChI is InChI=1S/C28H20Cl2N2O3/c1-16-3-8-26-24(11-16)32-28(35-26)18-5-4-17(2)23(14-18)31-27(33)10-7-22-6-9-25(34-22)19-12-20(29)15-21(30)13-19/h3-15H,1-2H3,(H,31,33)/b10-7+. The number of oxazole rings is 1. The summed E-state index contributed by atoms with van der Waals surface area (Å²) in [7, 11) is 0. The van der Waals surface area contributed by atoms with Gasteiger partial charge in [0.05, 0.1) is 0 Å². The van der Waals surface area contributed by atoms with Gasteiger partial charge in [-0.15, -0.1) is 0 Å². The van der Waals surface area contributed by atoms with Gasteiger partial charge in [-0.25, -0.2) is 4.98 Å². The van der Waals surface area contributed by atoms with Crippen LogP contribution in [0.25, 0.3) is 40.0 Å². The van der Waals surface area contributed by atoms with Crippen LogP contribution in [0.5, 0.6) is 0 Å². The van der Waals surface area contributed by atoms with Crippen molar-refractivity contribution in [1.82, 2.24) is 4.98 Å². The van der Waals surface area contributed by atoms with Crippen molar-refractivity contribution < 1.29 is 13.6 Å². The number of amides is 1. The molecule has 1 amide bonds. The van der Waals surface area contributed by atoms with Crippen molar-refractivity contribution in [2.75, 3.05) is 5.32 Å². The first-order valence-corrected chi connectivity index (χ1v) is 11.6. The fourth-order valence-corrected chi connectivity index (χ4v) is 4.20. The summed E-state index contributed by atoms with van der Waals surface area (Å²) in [6.07, 6.45) is 3.02. The number of nitrogens with zero attached hydrogens (tertiary/aromatic N) is 1. The van der Waals surface area contributed by atoms with Crippen molar-refractivity contribution in [3.63, 3.8) is 0 Å². The van der Waals surface area contributed by atoms with Gasteiger partial charge in [-0.1, -0.05) is 35.3 Å². The molecule has 0 saturated heterocycles. The molecular weight excluding hydrogens is 483 g/mol. The molecule has 5 nitrogen and oxygen atoms in total. The Morgan fingerprint density at radius 1 is 0.886 bits per heavy atom. The van der Waals surface area contributed by atoms with Crippen LogP contribution in [0.1, 0.15) is 16.9 Å². The van der Waals surface area contributed by atoms with Crippen LogP contribution in [-0.4, -0.2) is 10.9 Å². The van der Waals surface area contributed by atoms with E-state index < -0.39 is 0 Å². The molecule has 0 radical (unpaired) electrons. The van der Waals surface area contributed by atoms with Crippen LogP contribution < -0.4 is 5.32 Å². The lowest BCUT2D eigenvalue weighted by Crippen LogP contribution is -2.09. The first-order valence-electron chi connectivity index (χ1n) is 10.9. The number of anilines is 1. The number of rotatable bonds is 5. The fourth-order valence-electron chi connectivity index (χ4n) is 3.68. The van der Waals surface area contributed by atoms with E-state index in [4.69, 9.17) is 32.0 Å². The Hall–Kier alpha value is -3.80. The van der Waals surface area contributed by atoms with Crippen LogP contribution in [0.4, 0.5) is 5.69 Å². The lowest BCUT2D eigenvalue weighted by Gasteiger charge is -2.07. The Bertz CT molecular complexity index is 1580. The van der Waals surface area contributed by atoms with E-state index in [1.165, 1.54) is 6.08 Å². The summed E-state index contributed by atoms with van der Waals surface area (Å²) < 4.78 is 11.7. The highest BCUT2D eigenvalue weighted by Gasteiger charge is 2.12. The summed E-state index contributed by atoms with van der Waals surface area (Å²) in [6, 6.07) is 20.3. The van der Waals surface area contributed by atoms with Crippen molar-refractivity contribution in [1.29, 1.82) is 0 Å². The molecule has 0 spiro atoms. The highest BCUT2D eigenvalue weighted by atomic mass is 35.5. The Kier molecular flexibility index (Phi) is 6.20. The molecule has 5 rings (SSSR count). The number of hydrogen-bond acceptors (Lipinski definition) is 4. The summed E-state index contributed by atoms with van der Waals surface area (Å²) >= 11 is 12.1. The molecule has 1 N–H and O–H groups in total. The van der Waals surface area contributed by atoms with E-state index in [2.05, 4.69) is 10.3 Å². The van der Waals surface area contributed by atoms with E-state index in [-0.39, 0.29) is 5.91 Å². The van der Waals surface area contributed by atoms with E-state index in [1.807, 2.05) is 50.2 Å². The third-order valence-corrected chi connectivity index (χ3v) is 5.89. The molecule has 0 aliphatic carbocycles. The van der Waals surface area contributed by atoms with Gasteiger partial charge in [0, 0.05) is 32.9 Å². The molecule has 35 heavy (non-hydrogen) atoms. The van der Waals surface area contributed by atoms with Crippen LogP contribution in [0.2, 0.25) is 10.0 Å². The molecule has 174 valence electrons. The zero-order chi connectivity index (χ0) is 24.5. The Morgan fingerprint density at radius 3 is 2.49 bits per heavy atom. The lowest BCUT2D eigenvalue weighted by atomic mass is 10.1. The van der Waals surface area contributed by atoms with Crippen molar-refractivity contribution in [2.45, 2.75) is 13.8 Å². The predicted molar refractivity (Wildman–Crippen MR) is 141 cm³/mol. The number of aryl methyl sites for hydroxylation is 2. The molecule has 0 bridgehead atoms. The number of fused-ring (bicyclic) bond motifs is 1. The summed E-state index contributed by atoms with van der Waals surface area (Å²) in [4.78, 5) is 17.2. The average Bonchev–Trinajstić information content (AvgIpc) is 3.45. The molecular formula is C28H20Cl2N2O3. The van der Waals surface area contributed by atoms with Crippen LogP contribution in [0.3, 0.4) is 0 Å². The maximum absolute atomic E-state index is 12.6. The van der Waals surface area contributed by atoms with Gasteiger partial charge in [0.25, 0.3) is 0 Å². The third-order valence-electron chi connectivity index (χ3n) is 5.46. The lowest BCUT2D eigenvalue weighted by molar-refractivity contribution is -0.111. The number of carbonyl (C=O) groups is 1. The van der Waals surface area contributed by atoms with E-state index in [1.54, 1.807) is 36.4 Å². The number of hydrogen-bond donors (Lipinski definition) is 1. The minimum Gasteiger partial charge on any atom is -0.457 e. The second-order valence-electron chi connectivity index (χ2n) is 8.20. The third kappa shape index (κ3) is 5.16. The van der Waals surface area contributed by atoms with Gasteiger partial charge in [-0.3, -0.25) is 4.79 Å². The van der Waals surface area contributed by atoms with Crippen molar-refractivity contribution in [2.24, 2.45) is 0 Å². The molecule has 0 fully saturated rings. The zero-order valence-electron chi connectivity index (χ0n) is 18.9. The second-order valence-corrected chi connectivity index (χ2v) is 9.08. The summed E-state index contributed by atoms with van der Waals surface area (Å²) in [5.74, 6) is 1.34.